The highest BCUT2D eigenvalue weighted by atomic mass is 35.5. The van der Waals surface area contributed by atoms with Crippen LogP contribution in [-0.2, 0) is 14.8 Å². The minimum atomic E-state index is -3.53. The predicted molar refractivity (Wildman–Crippen MR) is 106 cm³/mol. The number of nitrogens with zero attached hydrogens (tertiary/aromatic N) is 1. The summed E-state index contributed by atoms with van der Waals surface area (Å²) < 4.78 is 25.7. The second-order valence-corrected chi connectivity index (χ2v) is 9.03. The summed E-state index contributed by atoms with van der Waals surface area (Å²) in [5.74, 6) is -0.446. The van der Waals surface area contributed by atoms with Crippen LogP contribution in [0, 0.1) is 6.92 Å². The highest BCUT2D eigenvalue weighted by molar-refractivity contribution is 7.89. The van der Waals surface area contributed by atoms with Crippen LogP contribution in [-0.4, -0.2) is 39.6 Å². The van der Waals surface area contributed by atoms with Crippen LogP contribution in [0.2, 0.25) is 10.0 Å². The van der Waals surface area contributed by atoms with Gasteiger partial charge in [0.25, 0.3) is 0 Å². The van der Waals surface area contributed by atoms with E-state index in [-0.39, 0.29) is 4.90 Å². The molecule has 0 bridgehead atoms. The van der Waals surface area contributed by atoms with Gasteiger partial charge < -0.3 is 10.1 Å². The van der Waals surface area contributed by atoms with E-state index in [1.165, 1.54) is 14.1 Å². The number of hydrogen-bond donors (Lipinski definition) is 1. The van der Waals surface area contributed by atoms with E-state index in [9.17, 15) is 13.2 Å². The lowest BCUT2D eigenvalue weighted by atomic mass is 10.0. The zero-order chi connectivity index (χ0) is 19.5. The maximum Gasteiger partial charge on any atom is 0.242 e. The number of rotatable bonds is 7. The average molecular weight is 415 g/mol. The van der Waals surface area contributed by atoms with Crippen molar-refractivity contribution < 1.29 is 13.2 Å². The van der Waals surface area contributed by atoms with E-state index in [0.29, 0.717) is 22.3 Å². The Balaban J connectivity index is 2.24. The smallest absolute Gasteiger partial charge is 0.242 e. The van der Waals surface area contributed by atoms with Crippen molar-refractivity contribution in [3.8, 4) is 0 Å². The first-order valence-corrected chi connectivity index (χ1v) is 10.0. The summed E-state index contributed by atoms with van der Waals surface area (Å²) in [5, 5.41) is 3.96. The van der Waals surface area contributed by atoms with Gasteiger partial charge in [0.05, 0.1) is 20.9 Å². The third kappa shape index (κ3) is 4.57. The van der Waals surface area contributed by atoms with Gasteiger partial charge in [-0.25, -0.2) is 12.7 Å². The lowest BCUT2D eigenvalue weighted by Gasteiger charge is -2.17. The molecule has 0 aromatic heterocycles. The van der Waals surface area contributed by atoms with Crippen LogP contribution in [0.25, 0.3) is 0 Å². The Bertz CT molecular complexity index is 915. The molecule has 0 heterocycles. The van der Waals surface area contributed by atoms with Gasteiger partial charge in [0.15, 0.2) is 0 Å². The van der Waals surface area contributed by atoms with Crippen LogP contribution >= 0.6 is 23.2 Å². The highest BCUT2D eigenvalue weighted by Gasteiger charge is 2.19. The van der Waals surface area contributed by atoms with E-state index in [0.717, 1.165) is 21.7 Å². The fourth-order valence-corrected chi connectivity index (χ4v) is 3.61. The van der Waals surface area contributed by atoms with Crippen LogP contribution in [0.4, 0.5) is 5.69 Å². The molecular formula is C18H20Cl2N2O3S. The first-order valence-electron chi connectivity index (χ1n) is 7.84. The maximum atomic E-state index is 12.3. The third-order valence-corrected chi connectivity index (χ3v) is 6.59. The van der Waals surface area contributed by atoms with Crippen LogP contribution in [0.15, 0.2) is 41.3 Å². The van der Waals surface area contributed by atoms with Crippen molar-refractivity contribution in [3.05, 3.63) is 57.6 Å². The molecule has 26 heavy (non-hydrogen) atoms. The Kier molecular flexibility index (Phi) is 6.69. The molecule has 2 rings (SSSR count). The van der Waals surface area contributed by atoms with Gasteiger partial charge in [-0.05, 0) is 42.3 Å². The lowest BCUT2D eigenvalue weighted by Crippen LogP contribution is -2.22. The molecule has 5 nitrogen and oxygen atoms in total. The lowest BCUT2D eigenvalue weighted by molar-refractivity contribution is -0.108. The van der Waals surface area contributed by atoms with Gasteiger partial charge in [-0.3, -0.25) is 0 Å². The summed E-state index contributed by atoms with van der Waals surface area (Å²) in [7, 11) is -0.569. The normalized spacial score (nSPS) is 12.8. The number of sulfonamides is 1. The van der Waals surface area contributed by atoms with E-state index in [4.69, 9.17) is 23.2 Å². The number of carbonyl (C=O) groups excluding carboxylic acids is 1. The summed E-state index contributed by atoms with van der Waals surface area (Å²) in [6.45, 7) is 2.16. The van der Waals surface area contributed by atoms with Crippen LogP contribution < -0.4 is 5.32 Å². The predicted octanol–water partition coefficient (Wildman–Crippen LogP) is 3.95. The van der Waals surface area contributed by atoms with E-state index in [1.807, 2.05) is 6.92 Å². The Morgan fingerprint density at radius 1 is 1.12 bits per heavy atom. The van der Waals surface area contributed by atoms with Crippen LogP contribution in [0.1, 0.15) is 17.0 Å². The molecule has 0 spiro atoms. The van der Waals surface area contributed by atoms with Gasteiger partial charge in [-0.15, -0.1) is 0 Å². The Labute approximate surface area is 164 Å². The summed E-state index contributed by atoms with van der Waals surface area (Å²) in [6, 6.07) is 9.91. The summed E-state index contributed by atoms with van der Waals surface area (Å²) in [4.78, 5) is 11.7. The van der Waals surface area contributed by atoms with Gasteiger partial charge in [0.1, 0.15) is 6.29 Å². The molecule has 2 aromatic carbocycles. The molecular weight excluding hydrogens is 395 g/mol. The van der Waals surface area contributed by atoms with Crippen molar-refractivity contribution in [1.82, 2.24) is 4.31 Å². The Morgan fingerprint density at radius 2 is 1.81 bits per heavy atom. The van der Waals surface area contributed by atoms with Gasteiger partial charge in [0, 0.05) is 26.3 Å². The summed E-state index contributed by atoms with van der Waals surface area (Å²) in [6.07, 6.45) is 0.822. The molecule has 2 aromatic rings. The molecule has 1 N–H and O–H groups in total. The standard InChI is InChI=1S/C18H20Cl2N2O3S/c1-12-4-6-15(26(24,25)22(2)3)9-18(12)21-10-14(11-23)13-5-7-16(19)17(20)8-13/h4-9,11,14,21H,10H2,1-3H3. The Hall–Kier alpha value is -1.60. The summed E-state index contributed by atoms with van der Waals surface area (Å²) in [5.41, 5.74) is 2.26. The molecule has 0 aliphatic rings. The fraction of sp³-hybridized carbons (Fsp3) is 0.278. The number of anilines is 1. The highest BCUT2D eigenvalue weighted by Crippen LogP contribution is 2.27. The van der Waals surface area contributed by atoms with Crippen molar-refractivity contribution in [3.63, 3.8) is 0 Å². The van der Waals surface area contributed by atoms with Crippen LogP contribution in [0.5, 0.6) is 0 Å². The number of halogens is 2. The van der Waals surface area contributed by atoms with E-state index in [2.05, 4.69) is 5.32 Å². The molecule has 0 aliphatic heterocycles. The van der Waals surface area contributed by atoms with Crippen molar-refractivity contribution >= 4 is 45.2 Å². The van der Waals surface area contributed by atoms with Gasteiger partial charge >= 0.3 is 0 Å². The molecule has 1 atom stereocenters. The van der Waals surface area contributed by atoms with E-state index >= 15 is 0 Å². The zero-order valence-corrected chi connectivity index (χ0v) is 17.0. The number of aldehydes is 1. The molecule has 0 amide bonds. The largest absolute Gasteiger partial charge is 0.384 e. The molecule has 140 valence electrons. The summed E-state index contributed by atoms with van der Waals surface area (Å²) >= 11 is 11.9. The molecule has 0 saturated heterocycles. The minimum Gasteiger partial charge on any atom is -0.384 e. The SMILES string of the molecule is Cc1ccc(S(=O)(=O)N(C)C)cc1NCC(C=O)c1ccc(Cl)c(Cl)c1. The number of benzene rings is 2. The zero-order valence-electron chi connectivity index (χ0n) is 14.7. The third-order valence-electron chi connectivity index (χ3n) is 4.04. The molecule has 1 unspecified atom stereocenters. The first-order chi connectivity index (χ1) is 12.2. The fourth-order valence-electron chi connectivity index (χ4n) is 2.37. The van der Waals surface area contributed by atoms with Crippen molar-refractivity contribution in [2.45, 2.75) is 17.7 Å². The number of aryl methyl sites for hydroxylation is 1. The monoisotopic (exact) mass is 414 g/mol. The van der Waals surface area contributed by atoms with E-state index < -0.39 is 15.9 Å². The van der Waals surface area contributed by atoms with Gasteiger partial charge in [-0.1, -0.05) is 35.3 Å². The van der Waals surface area contributed by atoms with Crippen LogP contribution in [0.3, 0.4) is 0 Å². The molecule has 8 heteroatoms. The number of hydrogen-bond acceptors (Lipinski definition) is 4. The van der Waals surface area contributed by atoms with Gasteiger partial charge in [-0.2, -0.15) is 0 Å². The Morgan fingerprint density at radius 3 is 2.38 bits per heavy atom. The van der Waals surface area contributed by atoms with Crippen molar-refractivity contribution in [2.75, 3.05) is 26.0 Å². The molecule has 0 aliphatic carbocycles. The minimum absolute atomic E-state index is 0.188. The van der Waals surface area contributed by atoms with Crippen molar-refractivity contribution in [1.29, 1.82) is 0 Å². The van der Waals surface area contributed by atoms with Crippen molar-refractivity contribution in [2.24, 2.45) is 0 Å². The van der Waals surface area contributed by atoms with E-state index in [1.54, 1.807) is 36.4 Å². The number of nitrogens with one attached hydrogen (secondary N) is 1. The average Bonchev–Trinajstić information content (AvgIpc) is 2.59. The molecule has 0 radical (unpaired) electrons. The second-order valence-electron chi connectivity index (χ2n) is 6.06. The number of carbonyl (C=O) groups is 1. The second kappa shape index (κ2) is 8.39. The molecule has 0 saturated carbocycles. The molecule has 0 fully saturated rings. The first kappa shape index (κ1) is 20.7. The maximum absolute atomic E-state index is 12.3. The topological polar surface area (TPSA) is 66.5 Å². The van der Waals surface area contributed by atoms with Gasteiger partial charge in [0.2, 0.25) is 10.0 Å². The quantitative estimate of drug-likeness (QED) is 0.696.